The molecule has 0 aliphatic carbocycles. The molecule has 2 unspecified atom stereocenters. The van der Waals surface area contributed by atoms with Crippen molar-refractivity contribution < 1.29 is 13.9 Å². The molecule has 0 N–H and O–H groups in total. The van der Waals surface area contributed by atoms with Crippen LogP contribution in [-0.2, 0) is 22.5 Å². The van der Waals surface area contributed by atoms with Crippen molar-refractivity contribution >= 4 is 5.91 Å². The molecule has 2 fully saturated rings. The van der Waals surface area contributed by atoms with Crippen molar-refractivity contribution in [1.82, 2.24) is 14.8 Å². The minimum atomic E-state index is 0.0947. The zero-order valence-corrected chi connectivity index (χ0v) is 14.2. The monoisotopic (exact) mass is 321 g/mol. The van der Waals surface area contributed by atoms with Gasteiger partial charge in [0.15, 0.2) is 0 Å². The summed E-state index contributed by atoms with van der Waals surface area (Å²) in [5.41, 5.74) is 0. The molecule has 6 heteroatoms. The minimum absolute atomic E-state index is 0.0947. The molecular formula is C17H27N3O3. The van der Waals surface area contributed by atoms with Crippen LogP contribution in [0, 0.1) is 5.92 Å². The molecule has 0 radical (unpaired) electrons. The lowest BCUT2D eigenvalue weighted by molar-refractivity contribution is -0.132. The summed E-state index contributed by atoms with van der Waals surface area (Å²) in [6.45, 7) is 9.00. The lowest BCUT2D eigenvalue weighted by atomic mass is 10.1. The summed E-state index contributed by atoms with van der Waals surface area (Å²) in [5.74, 6) is 2.26. The van der Waals surface area contributed by atoms with Crippen molar-refractivity contribution in [1.29, 1.82) is 0 Å². The first kappa shape index (κ1) is 16.5. The van der Waals surface area contributed by atoms with Crippen LogP contribution >= 0.6 is 0 Å². The van der Waals surface area contributed by atoms with E-state index in [1.54, 1.807) is 13.1 Å². The first-order valence-corrected chi connectivity index (χ1v) is 8.66. The molecule has 1 amide bonds. The van der Waals surface area contributed by atoms with Crippen molar-refractivity contribution in [2.75, 3.05) is 32.8 Å². The quantitative estimate of drug-likeness (QED) is 0.798. The van der Waals surface area contributed by atoms with Crippen LogP contribution in [0.1, 0.15) is 38.3 Å². The molecule has 0 aromatic carbocycles. The van der Waals surface area contributed by atoms with Crippen molar-refractivity contribution in [3.05, 3.63) is 17.8 Å². The van der Waals surface area contributed by atoms with Gasteiger partial charge in [0.05, 0.1) is 19.3 Å². The van der Waals surface area contributed by atoms with Gasteiger partial charge < -0.3 is 19.0 Å². The van der Waals surface area contributed by atoms with Crippen LogP contribution in [0.25, 0.3) is 0 Å². The number of aryl methyl sites for hydroxylation is 1. The maximum atomic E-state index is 12.1. The van der Waals surface area contributed by atoms with E-state index in [-0.39, 0.29) is 11.9 Å². The maximum Gasteiger partial charge on any atom is 0.220 e. The standard InChI is InChI=1S/C17H27N3O3/c1-3-16-8-18-17(23-16)11-20(13(2)21)15-4-6-19(10-15)9-14-5-7-22-12-14/h8,14-15H,3-7,9-12H2,1-2H3. The van der Waals surface area contributed by atoms with Crippen molar-refractivity contribution in [2.24, 2.45) is 5.92 Å². The molecule has 23 heavy (non-hydrogen) atoms. The van der Waals surface area contributed by atoms with Crippen LogP contribution in [0.3, 0.4) is 0 Å². The fourth-order valence-corrected chi connectivity index (χ4v) is 3.55. The Morgan fingerprint density at radius 1 is 1.48 bits per heavy atom. The van der Waals surface area contributed by atoms with Gasteiger partial charge in [-0.1, -0.05) is 6.92 Å². The van der Waals surface area contributed by atoms with Gasteiger partial charge in [0.25, 0.3) is 0 Å². The van der Waals surface area contributed by atoms with E-state index < -0.39 is 0 Å². The average molecular weight is 321 g/mol. The normalized spacial score (nSPS) is 25.1. The second kappa shape index (κ2) is 7.45. The number of hydrogen-bond acceptors (Lipinski definition) is 5. The van der Waals surface area contributed by atoms with Gasteiger partial charge >= 0.3 is 0 Å². The average Bonchev–Trinajstić information content (AvgIpc) is 3.26. The number of likely N-dealkylation sites (tertiary alicyclic amines) is 1. The smallest absolute Gasteiger partial charge is 0.220 e. The summed E-state index contributed by atoms with van der Waals surface area (Å²) in [7, 11) is 0. The van der Waals surface area contributed by atoms with E-state index in [1.807, 2.05) is 11.8 Å². The van der Waals surface area contributed by atoms with Crippen LogP contribution in [0.4, 0.5) is 0 Å². The molecule has 0 bridgehead atoms. The summed E-state index contributed by atoms with van der Waals surface area (Å²) >= 11 is 0. The molecule has 1 aromatic rings. The Balaban J connectivity index is 1.56. The Morgan fingerprint density at radius 2 is 2.35 bits per heavy atom. The largest absolute Gasteiger partial charge is 0.444 e. The second-order valence-electron chi connectivity index (χ2n) is 6.65. The molecular weight excluding hydrogens is 294 g/mol. The summed E-state index contributed by atoms with van der Waals surface area (Å²) in [6, 6.07) is 0.256. The number of carbonyl (C=O) groups excluding carboxylic acids is 1. The van der Waals surface area contributed by atoms with Crippen molar-refractivity contribution in [2.45, 2.75) is 45.7 Å². The van der Waals surface area contributed by atoms with Crippen molar-refractivity contribution in [3.8, 4) is 0 Å². The zero-order chi connectivity index (χ0) is 16.2. The third-order valence-corrected chi connectivity index (χ3v) is 4.89. The summed E-state index contributed by atoms with van der Waals surface area (Å²) in [6.07, 6.45) is 4.77. The van der Waals surface area contributed by atoms with Crippen LogP contribution in [0.5, 0.6) is 0 Å². The Labute approximate surface area is 137 Å². The number of aromatic nitrogens is 1. The second-order valence-corrected chi connectivity index (χ2v) is 6.65. The van der Waals surface area contributed by atoms with E-state index in [2.05, 4.69) is 9.88 Å². The highest BCUT2D eigenvalue weighted by molar-refractivity contribution is 5.73. The molecule has 2 aliphatic rings. The van der Waals surface area contributed by atoms with Gasteiger partial charge in [-0.3, -0.25) is 4.79 Å². The molecule has 6 nitrogen and oxygen atoms in total. The Hall–Kier alpha value is -1.40. The Morgan fingerprint density at radius 3 is 3.00 bits per heavy atom. The van der Waals surface area contributed by atoms with Crippen molar-refractivity contribution in [3.63, 3.8) is 0 Å². The molecule has 2 saturated heterocycles. The van der Waals surface area contributed by atoms with Gasteiger partial charge in [-0.2, -0.15) is 0 Å². The van der Waals surface area contributed by atoms with E-state index >= 15 is 0 Å². The summed E-state index contributed by atoms with van der Waals surface area (Å²) in [4.78, 5) is 20.8. The molecule has 0 spiro atoms. The van der Waals surface area contributed by atoms with Gasteiger partial charge in [0.2, 0.25) is 11.8 Å². The Kier molecular flexibility index (Phi) is 5.33. The molecule has 2 aliphatic heterocycles. The maximum absolute atomic E-state index is 12.1. The van der Waals surface area contributed by atoms with Crippen LogP contribution in [-0.4, -0.2) is 59.6 Å². The van der Waals surface area contributed by atoms with Crippen LogP contribution < -0.4 is 0 Å². The number of amides is 1. The number of oxazole rings is 1. The third kappa shape index (κ3) is 4.12. The number of rotatable bonds is 6. The molecule has 2 atom stereocenters. The van der Waals surface area contributed by atoms with Gasteiger partial charge in [0, 0.05) is 45.6 Å². The summed E-state index contributed by atoms with van der Waals surface area (Å²) in [5, 5.41) is 0. The highest BCUT2D eigenvalue weighted by Gasteiger charge is 2.31. The lowest BCUT2D eigenvalue weighted by Crippen LogP contribution is -2.41. The number of hydrogen-bond donors (Lipinski definition) is 0. The first-order chi connectivity index (χ1) is 11.2. The topological polar surface area (TPSA) is 58.8 Å². The van der Waals surface area contributed by atoms with Gasteiger partial charge in [0.1, 0.15) is 5.76 Å². The van der Waals surface area contributed by atoms with E-state index in [1.165, 1.54) is 0 Å². The molecule has 1 aromatic heterocycles. The van der Waals surface area contributed by atoms with Gasteiger partial charge in [-0.05, 0) is 18.8 Å². The molecule has 0 saturated carbocycles. The van der Waals surface area contributed by atoms with E-state index in [0.717, 1.165) is 57.9 Å². The van der Waals surface area contributed by atoms with Crippen LogP contribution in [0.2, 0.25) is 0 Å². The minimum Gasteiger partial charge on any atom is -0.444 e. The number of carbonyl (C=O) groups is 1. The summed E-state index contributed by atoms with van der Waals surface area (Å²) < 4.78 is 11.1. The highest BCUT2D eigenvalue weighted by Crippen LogP contribution is 2.22. The zero-order valence-electron chi connectivity index (χ0n) is 14.2. The predicted molar refractivity (Wildman–Crippen MR) is 85.9 cm³/mol. The molecule has 3 rings (SSSR count). The third-order valence-electron chi connectivity index (χ3n) is 4.89. The van der Waals surface area contributed by atoms with Gasteiger partial charge in [-0.25, -0.2) is 4.98 Å². The SMILES string of the molecule is CCc1cnc(CN(C(C)=O)C2CCN(CC3CCOC3)C2)o1. The predicted octanol–water partition coefficient (Wildman–Crippen LogP) is 1.70. The lowest BCUT2D eigenvalue weighted by Gasteiger charge is -2.27. The fourth-order valence-electron chi connectivity index (χ4n) is 3.55. The number of ether oxygens (including phenoxy) is 1. The first-order valence-electron chi connectivity index (χ1n) is 8.66. The fraction of sp³-hybridized carbons (Fsp3) is 0.765. The van der Waals surface area contributed by atoms with E-state index in [4.69, 9.17) is 9.15 Å². The van der Waals surface area contributed by atoms with E-state index in [0.29, 0.717) is 18.4 Å². The molecule has 3 heterocycles. The molecule has 128 valence electrons. The van der Waals surface area contributed by atoms with Crippen LogP contribution in [0.15, 0.2) is 10.6 Å². The van der Waals surface area contributed by atoms with Gasteiger partial charge in [-0.15, -0.1) is 0 Å². The van der Waals surface area contributed by atoms with E-state index in [9.17, 15) is 4.79 Å². The number of nitrogens with zero attached hydrogens (tertiary/aromatic N) is 3. The highest BCUT2D eigenvalue weighted by atomic mass is 16.5. The Bertz CT molecular complexity index is 525.